The fraction of sp³-hybridized carbons (Fsp3) is 0.346. The van der Waals surface area contributed by atoms with Crippen LogP contribution >= 0.6 is 34.9 Å². The van der Waals surface area contributed by atoms with Crippen molar-refractivity contribution in [2.24, 2.45) is 10.6 Å². The summed E-state index contributed by atoms with van der Waals surface area (Å²) in [5.41, 5.74) is -0.154. The van der Waals surface area contributed by atoms with Crippen molar-refractivity contribution < 1.29 is 29.1 Å². The molecule has 0 spiro atoms. The Hall–Kier alpha value is -3.69. The molecule has 2 saturated heterocycles. The summed E-state index contributed by atoms with van der Waals surface area (Å²) in [6.07, 6.45) is 10.8. The zero-order valence-corrected chi connectivity index (χ0v) is 24.0. The molecule has 3 aliphatic rings. The summed E-state index contributed by atoms with van der Waals surface area (Å²) in [5, 5.41) is 22.6. The maximum Gasteiger partial charge on any atom is 0.313 e. The van der Waals surface area contributed by atoms with Crippen LogP contribution in [0.5, 0.6) is 0 Å². The smallest absolute Gasteiger partial charge is 0.313 e. The first-order valence-corrected chi connectivity index (χ1v) is 15.6. The number of carboxylic acid groups (broad SMARTS) is 1. The number of allylic oxidation sites excluding steroid dienone is 1. The number of oxime groups is 1. The van der Waals surface area contributed by atoms with E-state index < -0.39 is 28.7 Å². The van der Waals surface area contributed by atoms with Crippen molar-refractivity contribution in [2.75, 3.05) is 23.4 Å². The van der Waals surface area contributed by atoms with Gasteiger partial charge in [-0.05, 0) is 42.0 Å². The second kappa shape index (κ2) is 12.9. The van der Waals surface area contributed by atoms with Gasteiger partial charge in [0.15, 0.2) is 10.8 Å². The number of carbonyl (C=O) groups is 4. The van der Waals surface area contributed by atoms with Gasteiger partial charge in [0.25, 0.3) is 5.91 Å². The predicted octanol–water partition coefficient (Wildman–Crippen LogP) is 2.42. The van der Waals surface area contributed by atoms with Gasteiger partial charge in [0, 0.05) is 35.8 Å². The summed E-state index contributed by atoms with van der Waals surface area (Å²) in [5.74, 6) is -1.43. The molecule has 3 amide bonds. The van der Waals surface area contributed by atoms with Crippen molar-refractivity contribution in [3.63, 3.8) is 0 Å². The Morgan fingerprint density at radius 1 is 1.39 bits per heavy atom. The highest BCUT2D eigenvalue weighted by molar-refractivity contribution is 8.02. The van der Waals surface area contributed by atoms with E-state index in [-0.39, 0.29) is 46.6 Å². The minimum absolute atomic E-state index is 0.0455. The molecular weight excluding hydrogens is 589 g/mol. The molecule has 41 heavy (non-hydrogen) atoms. The first kappa shape index (κ1) is 28.8. The van der Waals surface area contributed by atoms with Gasteiger partial charge < -0.3 is 25.5 Å². The van der Waals surface area contributed by atoms with E-state index in [0.29, 0.717) is 6.41 Å². The van der Waals surface area contributed by atoms with Crippen LogP contribution in [0.25, 0.3) is 6.08 Å². The largest absolute Gasteiger partial charge is 0.481 e. The number of aliphatic carboxylic acids is 1. The lowest BCUT2D eigenvalue weighted by molar-refractivity contribution is -0.157. The molecule has 4 atom stereocenters. The van der Waals surface area contributed by atoms with Crippen LogP contribution in [0.4, 0.5) is 5.13 Å². The van der Waals surface area contributed by atoms with Gasteiger partial charge in [-0.1, -0.05) is 17.3 Å². The number of nitrogens with one attached hydrogen (secondary N) is 2. The number of β-lactam (4-membered cyclic amide) rings is 1. The van der Waals surface area contributed by atoms with E-state index >= 15 is 0 Å². The Labute approximate surface area is 247 Å². The number of nitrogens with zero attached hydrogens (tertiary/aromatic N) is 4. The zero-order valence-electron chi connectivity index (χ0n) is 21.5. The number of aromatic nitrogens is 2. The minimum atomic E-state index is -1.13. The van der Waals surface area contributed by atoms with Gasteiger partial charge in [-0.3, -0.25) is 24.2 Å². The molecule has 12 nitrogen and oxygen atoms in total. The quantitative estimate of drug-likeness (QED) is 0.106. The summed E-state index contributed by atoms with van der Waals surface area (Å²) < 4.78 is 0. The lowest BCUT2D eigenvalue weighted by atomic mass is 9.89. The number of amides is 3. The molecule has 1 aliphatic carbocycles. The molecule has 214 valence electrons. The SMILES string of the molecule is O=CNc1nc(C(=NOC2C=CCC2)C(=O)NC2C(=O)N3CC(CSC=Cc4cccnc4)(C(=O)O)CS[C@H]23)cs1. The summed E-state index contributed by atoms with van der Waals surface area (Å²) in [4.78, 5) is 64.9. The van der Waals surface area contributed by atoms with E-state index in [9.17, 15) is 24.3 Å². The van der Waals surface area contributed by atoms with Crippen LogP contribution in [-0.2, 0) is 24.0 Å². The van der Waals surface area contributed by atoms with E-state index in [1.807, 2.05) is 35.8 Å². The van der Waals surface area contributed by atoms with Crippen LogP contribution in [0.15, 0.2) is 52.6 Å². The third-order valence-corrected chi connectivity index (χ3v) is 10.1. The highest BCUT2D eigenvalue weighted by Gasteiger charge is 2.57. The number of fused-ring (bicyclic) bond motifs is 1. The number of thioether (sulfide) groups is 2. The molecule has 2 fully saturated rings. The normalized spacial score (nSPS) is 25.5. The molecule has 0 saturated carbocycles. The van der Waals surface area contributed by atoms with Crippen LogP contribution < -0.4 is 10.6 Å². The maximum atomic E-state index is 13.3. The Kier molecular flexibility index (Phi) is 9.05. The van der Waals surface area contributed by atoms with Crippen molar-refractivity contribution in [1.82, 2.24) is 20.2 Å². The standard InChI is InChI=1S/C26H26N6O6S3/c33-15-28-25-29-18(11-40-25)19(31-38-17-5-1-2-6-17)21(34)30-20-22(35)32-12-26(24(36)37,14-41-23(20)32)13-39-9-7-16-4-3-8-27-10-16/h1,3-5,7-11,15,17,20,23H,2,6,12-14H2,(H,30,34)(H,36,37)(H,28,29,33)/t17?,20?,23-,26?/m1/s1. The highest BCUT2D eigenvalue weighted by Crippen LogP contribution is 2.43. The van der Waals surface area contributed by atoms with Gasteiger partial charge in [0.05, 0.1) is 0 Å². The van der Waals surface area contributed by atoms with Gasteiger partial charge >= 0.3 is 5.97 Å². The van der Waals surface area contributed by atoms with Crippen molar-refractivity contribution in [1.29, 1.82) is 0 Å². The number of anilines is 1. The lowest BCUT2D eigenvalue weighted by Gasteiger charge is -2.53. The number of rotatable bonds is 12. The van der Waals surface area contributed by atoms with Gasteiger partial charge in [0.1, 0.15) is 28.6 Å². The van der Waals surface area contributed by atoms with Crippen molar-refractivity contribution in [2.45, 2.75) is 30.4 Å². The summed E-state index contributed by atoms with van der Waals surface area (Å²) in [6.45, 7) is 0.0455. The Morgan fingerprint density at radius 2 is 2.27 bits per heavy atom. The lowest BCUT2D eigenvalue weighted by Crippen LogP contribution is -2.74. The van der Waals surface area contributed by atoms with Crippen molar-refractivity contribution in [3.8, 4) is 0 Å². The second-order valence-electron chi connectivity index (χ2n) is 9.49. The topological polar surface area (TPSA) is 163 Å². The summed E-state index contributed by atoms with van der Waals surface area (Å²) in [6, 6.07) is 2.87. The van der Waals surface area contributed by atoms with Gasteiger partial charge in [0.2, 0.25) is 12.3 Å². The first-order valence-electron chi connectivity index (χ1n) is 12.6. The number of carbonyl (C=O) groups excluding carboxylic acids is 3. The van der Waals surface area contributed by atoms with E-state index in [4.69, 9.17) is 4.84 Å². The average molecular weight is 615 g/mol. The second-order valence-corrected chi connectivity index (χ2v) is 12.4. The fourth-order valence-electron chi connectivity index (χ4n) is 4.44. The van der Waals surface area contributed by atoms with Crippen LogP contribution in [0.2, 0.25) is 0 Å². The number of thiazole rings is 1. The number of hydrogen-bond acceptors (Lipinski definition) is 11. The molecule has 0 radical (unpaired) electrons. The van der Waals surface area contributed by atoms with Crippen LogP contribution in [-0.4, -0.2) is 85.4 Å². The molecule has 2 aliphatic heterocycles. The maximum absolute atomic E-state index is 13.3. The summed E-state index contributed by atoms with van der Waals surface area (Å²) >= 11 is 3.81. The molecule has 15 heteroatoms. The third kappa shape index (κ3) is 6.47. The molecule has 3 N–H and O–H groups in total. The number of carboxylic acids is 1. The van der Waals surface area contributed by atoms with Crippen LogP contribution in [0.1, 0.15) is 24.1 Å². The molecule has 3 unspecified atom stereocenters. The Balaban J connectivity index is 1.23. The molecular formula is C26H26N6O6S3. The molecule has 2 aromatic rings. The van der Waals surface area contributed by atoms with E-state index in [2.05, 4.69) is 25.8 Å². The monoisotopic (exact) mass is 614 g/mol. The number of hydrogen-bond donors (Lipinski definition) is 3. The van der Waals surface area contributed by atoms with Crippen LogP contribution in [0, 0.1) is 5.41 Å². The van der Waals surface area contributed by atoms with E-state index in [1.165, 1.54) is 28.4 Å². The fourth-order valence-corrected chi connectivity index (χ4v) is 7.75. The van der Waals surface area contributed by atoms with Crippen molar-refractivity contribution >= 4 is 76.0 Å². The zero-order chi connectivity index (χ0) is 28.8. The molecule has 0 aromatic carbocycles. The van der Waals surface area contributed by atoms with E-state index in [0.717, 1.165) is 29.7 Å². The molecule has 2 aromatic heterocycles. The molecule has 5 rings (SSSR count). The Morgan fingerprint density at radius 3 is 3.00 bits per heavy atom. The van der Waals surface area contributed by atoms with Gasteiger partial charge in [-0.15, -0.1) is 34.9 Å². The van der Waals surface area contributed by atoms with Crippen molar-refractivity contribution in [3.05, 3.63) is 58.7 Å². The third-order valence-electron chi connectivity index (χ3n) is 6.68. The summed E-state index contributed by atoms with van der Waals surface area (Å²) in [7, 11) is 0. The van der Waals surface area contributed by atoms with E-state index in [1.54, 1.807) is 17.8 Å². The van der Waals surface area contributed by atoms with Gasteiger partial charge in [-0.2, -0.15) is 0 Å². The molecule has 4 heterocycles. The predicted molar refractivity (Wildman–Crippen MR) is 157 cm³/mol. The van der Waals surface area contributed by atoms with Crippen LogP contribution in [0.3, 0.4) is 0 Å². The molecule has 0 bridgehead atoms. The highest BCUT2D eigenvalue weighted by atomic mass is 32.2. The Bertz CT molecular complexity index is 1400. The average Bonchev–Trinajstić information content (AvgIpc) is 3.67. The van der Waals surface area contributed by atoms with Gasteiger partial charge in [-0.25, -0.2) is 4.98 Å². The minimum Gasteiger partial charge on any atom is -0.481 e. The number of pyridine rings is 1. The first-order chi connectivity index (χ1) is 19.9.